The molecule has 0 bridgehead atoms. The molecule has 0 fully saturated rings. The largest absolute Gasteiger partial charge is 0.376 e. The van der Waals surface area contributed by atoms with E-state index >= 15 is 0 Å². The lowest BCUT2D eigenvalue weighted by Gasteiger charge is -2.31. The highest BCUT2D eigenvalue weighted by Crippen LogP contribution is 2.29. The molecule has 0 aliphatic carbocycles. The first-order valence-electron chi connectivity index (χ1n) is 8.97. The molecule has 1 atom stereocenters. The highest BCUT2D eigenvalue weighted by molar-refractivity contribution is 7.11. The third-order valence-corrected chi connectivity index (χ3v) is 5.77. The van der Waals surface area contributed by atoms with Crippen molar-refractivity contribution in [2.45, 2.75) is 32.5 Å². The van der Waals surface area contributed by atoms with Crippen LogP contribution in [0.5, 0.6) is 0 Å². The fourth-order valence-corrected chi connectivity index (χ4v) is 4.56. The molecular formula is C20H24N4OS. The molecule has 0 N–H and O–H groups in total. The van der Waals surface area contributed by atoms with Crippen LogP contribution in [0.15, 0.2) is 42.5 Å². The molecule has 1 aliphatic heterocycles. The van der Waals surface area contributed by atoms with Crippen LogP contribution in [0.4, 0.5) is 0 Å². The van der Waals surface area contributed by atoms with Crippen molar-refractivity contribution in [3.63, 3.8) is 0 Å². The maximum Gasteiger partial charge on any atom is 0.100 e. The van der Waals surface area contributed by atoms with Crippen LogP contribution in [-0.4, -0.2) is 33.0 Å². The number of ether oxygens (including phenoxy) is 1. The van der Waals surface area contributed by atoms with Crippen molar-refractivity contribution >= 4 is 11.3 Å². The molecule has 3 heterocycles. The monoisotopic (exact) mass is 368 g/mol. The Labute approximate surface area is 158 Å². The van der Waals surface area contributed by atoms with Crippen molar-refractivity contribution in [2.24, 2.45) is 7.05 Å². The molecule has 3 aromatic rings. The van der Waals surface area contributed by atoms with Gasteiger partial charge in [-0.3, -0.25) is 9.58 Å². The third-order valence-electron chi connectivity index (χ3n) is 4.79. The lowest BCUT2D eigenvalue weighted by Crippen LogP contribution is -2.35. The molecule has 2 aromatic heterocycles. The van der Waals surface area contributed by atoms with E-state index in [1.165, 1.54) is 21.0 Å². The van der Waals surface area contributed by atoms with E-state index in [0.29, 0.717) is 19.1 Å². The number of fused-ring (bicyclic) bond motifs is 1. The topological polar surface area (TPSA) is 43.2 Å². The minimum absolute atomic E-state index is 0.295. The molecule has 0 saturated carbocycles. The highest BCUT2D eigenvalue weighted by Gasteiger charge is 2.30. The summed E-state index contributed by atoms with van der Waals surface area (Å²) in [6.45, 7) is 6.27. The van der Waals surface area contributed by atoms with Gasteiger partial charge in [0, 0.05) is 42.4 Å². The van der Waals surface area contributed by atoms with E-state index in [2.05, 4.69) is 46.4 Å². The fourth-order valence-electron chi connectivity index (χ4n) is 3.63. The van der Waals surface area contributed by atoms with Crippen LogP contribution in [0.25, 0.3) is 0 Å². The molecular weight excluding hydrogens is 344 g/mol. The zero-order chi connectivity index (χ0) is 17.9. The van der Waals surface area contributed by atoms with Crippen LogP contribution in [0.3, 0.4) is 0 Å². The van der Waals surface area contributed by atoms with Crippen molar-refractivity contribution in [1.29, 1.82) is 0 Å². The number of nitrogens with zero attached hydrogens (tertiary/aromatic N) is 4. The highest BCUT2D eigenvalue weighted by atomic mass is 32.1. The summed E-state index contributed by atoms with van der Waals surface area (Å²) < 4.78 is 7.97. The molecule has 1 aliphatic rings. The zero-order valence-electron chi connectivity index (χ0n) is 15.3. The molecule has 6 heteroatoms. The summed E-state index contributed by atoms with van der Waals surface area (Å²) in [6, 6.07) is 14.8. The van der Waals surface area contributed by atoms with Gasteiger partial charge in [0.15, 0.2) is 0 Å². The van der Waals surface area contributed by atoms with Gasteiger partial charge in [0.2, 0.25) is 0 Å². The van der Waals surface area contributed by atoms with Gasteiger partial charge in [0.1, 0.15) is 5.69 Å². The normalized spacial score (nSPS) is 17.4. The van der Waals surface area contributed by atoms with Gasteiger partial charge in [-0.2, -0.15) is 0 Å². The van der Waals surface area contributed by atoms with Crippen molar-refractivity contribution in [3.05, 3.63) is 69.2 Å². The fraction of sp³-hybridized carbons (Fsp3) is 0.400. The van der Waals surface area contributed by atoms with E-state index in [1.807, 2.05) is 41.3 Å². The number of aromatic nitrogens is 3. The summed E-state index contributed by atoms with van der Waals surface area (Å²) in [4.78, 5) is 5.22. The summed E-state index contributed by atoms with van der Waals surface area (Å²) >= 11 is 1.87. The first-order chi connectivity index (χ1) is 12.7. The first-order valence-corrected chi connectivity index (χ1v) is 9.78. The SMILES string of the molecule is Cc1ccc(CN2Cc3nnn(C)c3[C@@H](COCc3ccccc3)C2)s1. The molecule has 0 radical (unpaired) electrons. The summed E-state index contributed by atoms with van der Waals surface area (Å²) in [5.74, 6) is 0.295. The minimum Gasteiger partial charge on any atom is -0.376 e. The van der Waals surface area contributed by atoms with Gasteiger partial charge in [-0.1, -0.05) is 35.5 Å². The molecule has 136 valence electrons. The summed E-state index contributed by atoms with van der Waals surface area (Å²) in [5.41, 5.74) is 3.51. The Morgan fingerprint density at radius 1 is 1.19 bits per heavy atom. The second-order valence-corrected chi connectivity index (χ2v) is 8.30. The van der Waals surface area contributed by atoms with Gasteiger partial charge >= 0.3 is 0 Å². The van der Waals surface area contributed by atoms with Gasteiger partial charge in [-0.15, -0.1) is 16.4 Å². The third kappa shape index (κ3) is 3.87. The number of aryl methyl sites for hydroxylation is 2. The molecule has 26 heavy (non-hydrogen) atoms. The van der Waals surface area contributed by atoms with E-state index in [9.17, 15) is 0 Å². The van der Waals surface area contributed by atoms with Crippen LogP contribution in [0, 0.1) is 6.92 Å². The predicted molar refractivity (Wildman–Crippen MR) is 103 cm³/mol. The number of thiophene rings is 1. The van der Waals surface area contributed by atoms with Crippen molar-refractivity contribution in [1.82, 2.24) is 19.9 Å². The number of benzene rings is 1. The number of rotatable bonds is 6. The molecule has 0 spiro atoms. The van der Waals surface area contributed by atoms with Gasteiger partial charge in [0.25, 0.3) is 0 Å². The lowest BCUT2D eigenvalue weighted by atomic mass is 9.99. The Balaban J connectivity index is 1.44. The first kappa shape index (κ1) is 17.4. The van der Waals surface area contributed by atoms with Gasteiger partial charge in [-0.25, -0.2) is 0 Å². The second kappa shape index (κ2) is 7.70. The maximum absolute atomic E-state index is 6.05. The predicted octanol–water partition coefficient (Wildman–Crippen LogP) is 3.50. The quantitative estimate of drug-likeness (QED) is 0.668. The van der Waals surface area contributed by atoms with E-state index in [0.717, 1.165) is 25.3 Å². The van der Waals surface area contributed by atoms with Gasteiger partial charge in [-0.05, 0) is 24.6 Å². The average Bonchev–Trinajstić information content (AvgIpc) is 3.22. The van der Waals surface area contributed by atoms with Crippen LogP contribution in [0.2, 0.25) is 0 Å². The Morgan fingerprint density at radius 3 is 2.81 bits per heavy atom. The second-order valence-electron chi connectivity index (χ2n) is 6.92. The van der Waals surface area contributed by atoms with Crippen LogP contribution >= 0.6 is 11.3 Å². The minimum atomic E-state index is 0.295. The molecule has 1 aromatic carbocycles. The number of hydrogen-bond donors (Lipinski definition) is 0. The Bertz CT molecular complexity index is 858. The molecule has 0 unspecified atom stereocenters. The van der Waals surface area contributed by atoms with Gasteiger partial charge in [0.05, 0.1) is 18.9 Å². The van der Waals surface area contributed by atoms with E-state index in [1.54, 1.807) is 0 Å². The van der Waals surface area contributed by atoms with E-state index in [4.69, 9.17) is 4.74 Å². The molecule has 5 nitrogen and oxygen atoms in total. The van der Waals surface area contributed by atoms with Crippen molar-refractivity contribution < 1.29 is 4.74 Å². The van der Waals surface area contributed by atoms with Gasteiger partial charge < -0.3 is 4.74 Å². The maximum atomic E-state index is 6.05. The molecule has 4 rings (SSSR count). The van der Waals surface area contributed by atoms with Crippen LogP contribution in [0.1, 0.15) is 32.6 Å². The smallest absolute Gasteiger partial charge is 0.100 e. The summed E-state index contributed by atoms with van der Waals surface area (Å²) in [5, 5.41) is 8.64. The van der Waals surface area contributed by atoms with E-state index < -0.39 is 0 Å². The lowest BCUT2D eigenvalue weighted by molar-refractivity contribution is 0.0832. The van der Waals surface area contributed by atoms with Crippen LogP contribution < -0.4 is 0 Å². The standard InChI is InChI=1S/C20H24N4OS/c1-15-8-9-18(26-15)11-24-10-17(20-19(12-24)21-22-23(20)2)14-25-13-16-6-4-3-5-7-16/h3-9,17H,10-14H2,1-2H3/t17-/m1/s1. The van der Waals surface area contributed by atoms with E-state index in [-0.39, 0.29) is 0 Å². The number of hydrogen-bond acceptors (Lipinski definition) is 5. The van der Waals surface area contributed by atoms with Crippen molar-refractivity contribution in [2.75, 3.05) is 13.2 Å². The Hall–Kier alpha value is -2.02. The Kier molecular flexibility index (Phi) is 5.15. The molecule has 0 saturated heterocycles. The zero-order valence-corrected chi connectivity index (χ0v) is 16.1. The average molecular weight is 369 g/mol. The Morgan fingerprint density at radius 2 is 2.04 bits per heavy atom. The molecule has 0 amide bonds. The van der Waals surface area contributed by atoms with Crippen molar-refractivity contribution in [3.8, 4) is 0 Å². The summed E-state index contributed by atoms with van der Waals surface area (Å²) in [6.07, 6.45) is 0. The summed E-state index contributed by atoms with van der Waals surface area (Å²) in [7, 11) is 1.98. The van der Waals surface area contributed by atoms with Crippen LogP contribution in [-0.2, 0) is 31.5 Å².